The Labute approximate surface area is 92.8 Å². The Kier molecular flexibility index (Phi) is 2.78. The zero-order valence-electron chi connectivity index (χ0n) is 8.61. The van der Waals surface area contributed by atoms with Crippen LogP contribution in [0.5, 0.6) is 5.75 Å². The number of nitrogens with zero attached hydrogens (tertiary/aromatic N) is 2. The van der Waals surface area contributed by atoms with Gasteiger partial charge in [-0.25, -0.2) is 0 Å². The summed E-state index contributed by atoms with van der Waals surface area (Å²) in [6, 6.07) is 6.42. The van der Waals surface area contributed by atoms with Crippen LogP contribution in [-0.2, 0) is 6.54 Å². The number of benzene rings is 1. The average Bonchev–Trinajstić information content (AvgIpc) is 2.65. The van der Waals surface area contributed by atoms with Gasteiger partial charge in [-0.1, -0.05) is 12.1 Å². The molecule has 0 aliphatic rings. The number of hydrogen-bond donors (Lipinski definition) is 3. The fourth-order valence-corrected chi connectivity index (χ4v) is 1.46. The molecule has 1 aromatic heterocycles. The number of nitrogen functional groups attached to an aromatic ring is 1. The summed E-state index contributed by atoms with van der Waals surface area (Å²) in [6.45, 7) is 0.335. The van der Waals surface area contributed by atoms with Crippen molar-refractivity contribution in [1.82, 2.24) is 9.78 Å². The lowest BCUT2D eigenvalue weighted by Gasteiger charge is -2.10. The van der Waals surface area contributed by atoms with E-state index in [2.05, 4.69) is 5.10 Å². The van der Waals surface area contributed by atoms with E-state index in [-0.39, 0.29) is 5.75 Å². The van der Waals surface area contributed by atoms with Gasteiger partial charge in [0.25, 0.3) is 0 Å². The molecule has 5 heteroatoms. The maximum absolute atomic E-state index is 9.89. The zero-order chi connectivity index (χ0) is 11.5. The predicted octanol–water partition coefficient (Wildman–Crippen LogP) is 0.904. The van der Waals surface area contributed by atoms with E-state index in [1.165, 1.54) is 18.3 Å². The first-order valence-corrected chi connectivity index (χ1v) is 4.90. The average molecular weight is 219 g/mol. The molecule has 0 saturated carbocycles. The Morgan fingerprint density at radius 1 is 1.31 bits per heavy atom. The van der Waals surface area contributed by atoms with Crippen LogP contribution < -0.4 is 5.73 Å². The third-order valence-electron chi connectivity index (χ3n) is 2.29. The van der Waals surface area contributed by atoms with E-state index in [1.54, 1.807) is 23.0 Å². The van der Waals surface area contributed by atoms with Gasteiger partial charge in [0.1, 0.15) is 5.75 Å². The van der Waals surface area contributed by atoms with Gasteiger partial charge in [-0.05, 0) is 17.7 Å². The quantitative estimate of drug-likeness (QED) is 0.716. The van der Waals surface area contributed by atoms with E-state index in [1.807, 2.05) is 0 Å². The van der Waals surface area contributed by atoms with Crippen molar-refractivity contribution in [3.8, 4) is 5.75 Å². The molecule has 0 saturated heterocycles. The predicted molar refractivity (Wildman–Crippen MR) is 59.7 cm³/mol. The number of nitrogens with two attached hydrogens (primary N) is 1. The van der Waals surface area contributed by atoms with Crippen molar-refractivity contribution in [3.63, 3.8) is 0 Å². The monoisotopic (exact) mass is 219 g/mol. The second kappa shape index (κ2) is 4.24. The molecule has 0 spiro atoms. The Hall–Kier alpha value is -2.01. The van der Waals surface area contributed by atoms with E-state index in [9.17, 15) is 5.11 Å². The van der Waals surface area contributed by atoms with Crippen LogP contribution in [-0.4, -0.2) is 20.0 Å². The molecule has 0 bridgehead atoms. The number of aliphatic hydroxyl groups is 1. The van der Waals surface area contributed by atoms with Crippen LogP contribution >= 0.6 is 0 Å². The standard InChI is InChI=1S/C11H13N3O2/c12-9-5-13-14(6-9)7-11(16)8-1-3-10(15)4-2-8/h1-6,11,15-16H,7,12H2. The molecule has 0 aliphatic carbocycles. The van der Waals surface area contributed by atoms with Crippen LogP contribution in [0.4, 0.5) is 5.69 Å². The minimum atomic E-state index is -0.667. The summed E-state index contributed by atoms with van der Waals surface area (Å²) in [6.07, 6.45) is 2.52. The highest BCUT2D eigenvalue weighted by atomic mass is 16.3. The van der Waals surface area contributed by atoms with Crippen LogP contribution in [0.3, 0.4) is 0 Å². The van der Waals surface area contributed by atoms with Crippen LogP contribution in [0.2, 0.25) is 0 Å². The minimum Gasteiger partial charge on any atom is -0.508 e. The lowest BCUT2D eigenvalue weighted by atomic mass is 10.1. The molecule has 0 aliphatic heterocycles. The lowest BCUT2D eigenvalue weighted by molar-refractivity contribution is 0.151. The molecular formula is C11H13N3O2. The van der Waals surface area contributed by atoms with Crippen molar-refractivity contribution >= 4 is 5.69 Å². The third-order valence-corrected chi connectivity index (χ3v) is 2.29. The van der Waals surface area contributed by atoms with Crippen LogP contribution in [0.1, 0.15) is 11.7 Å². The van der Waals surface area contributed by atoms with Crippen molar-refractivity contribution in [1.29, 1.82) is 0 Å². The first-order chi connectivity index (χ1) is 7.65. The third kappa shape index (κ3) is 2.32. The van der Waals surface area contributed by atoms with Crippen LogP contribution in [0.15, 0.2) is 36.7 Å². The van der Waals surface area contributed by atoms with Crippen molar-refractivity contribution in [3.05, 3.63) is 42.2 Å². The molecule has 1 unspecified atom stereocenters. The number of rotatable bonds is 3. The Morgan fingerprint density at radius 2 is 2.00 bits per heavy atom. The molecule has 0 radical (unpaired) electrons. The summed E-state index contributed by atoms with van der Waals surface area (Å²) in [5.41, 5.74) is 6.81. The van der Waals surface area contributed by atoms with Crippen molar-refractivity contribution in [2.75, 3.05) is 5.73 Å². The topological polar surface area (TPSA) is 84.3 Å². The number of aromatic nitrogens is 2. The summed E-state index contributed by atoms with van der Waals surface area (Å²) < 4.78 is 1.58. The second-order valence-corrected chi connectivity index (χ2v) is 3.60. The molecule has 1 atom stereocenters. The van der Waals surface area contributed by atoms with Gasteiger partial charge in [0.2, 0.25) is 0 Å². The van der Waals surface area contributed by atoms with Crippen LogP contribution in [0, 0.1) is 0 Å². The molecule has 84 valence electrons. The van der Waals surface area contributed by atoms with Gasteiger partial charge in [-0.15, -0.1) is 0 Å². The highest BCUT2D eigenvalue weighted by molar-refractivity contribution is 5.31. The van der Waals surface area contributed by atoms with E-state index in [4.69, 9.17) is 10.8 Å². The summed E-state index contributed by atoms with van der Waals surface area (Å²) in [5, 5.41) is 23.0. The zero-order valence-corrected chi connectivity index (χ0v) is 8.61. The summed E-state index contributed by atoms with van der Waals surface area (Å²) in [7, 11) is 0. The van der Waals surface area contributed by atoms with Crippen molar-refractivity contribution < 1.29 is 10.2 Å². The largest absolute Gasteiger partial charge is 0.508 e. The van der Waals surface area contributed by atoms with E-state index in [0.717, 1.165) is 5.56 Å². The SMILES string of the molecule is Nc1cnn(CC(O)c2ccc(O)cc2)c1. The molecule has 5 nitrogen and oxygen atoms in total. The van der Waals surface area contributed by atoms with Crippen molar-refractivity contribution in [2.24, 2.45) is 0 Å². The highest BCUT2D eigenvalue weighted by Crippen LogP contribution is 2.18. The first-order valence-electron chi connectivity index (χ1n) is 4.90. The molecule has 1 heterocycles. The summed E-state index contributed by atoms with van der Waals surface area (Å²) >= 11 is 0. The van der Waals surface area contributed by atoms with Gasteiger partial charge in [-0.3, -0.25) is 4.68 Å². The van der Waals surface area contributed by atoms with Gasteiger partial charge in [-0.2, -0.15) is 5.10 Å². The number of aromatic hydroxyl groups is 1. The van der Waals surface area contributed by atoms with Gasteiger partial charge in [0.05, 0.1) is 24.5 Å². The van der Waals surface area contributed by atoms with Crippen LogP contribution in [0.25, 0.3) is 0 Å². The van der Waals surface area contributed by atoms with Crippen molar-refractivity contribution in [2.45, 2.75) is 12.6 Å². The Bertz CT molecular complexity index is 464. The second-order valence-electron chi connectivity index (χ2n) is 3.60. The Balaban J connectivity index is 2.08. The fraction of sp³-hybridized carbons (Fsp3) is 0.182. The lowest BCUT2D eigenvalue weighted by Crippen LogP contribution is -2.08. The number of hydrogen-bond acceptors (Lipinski definition) is 4. The highest BCUT2D eigenvalue weighted by Gasteiger charge is 2.08. The molecule has 4 N–H and O–H groups in total. The number of phenols is 1. The minimum absolute atomic E-state index is 0.180. The fourth-order valence-electron chi connectivity index (χ4n) is 1.46. The summed E-state index contributed by atoms with van der Waals surface area (Å²) in [4.78, 5) is 0. The number of phenolic OH excluding ortho intramolecular Hbond substituents is 1. The maximum atomic E-state index is 9.89. The molecule has 1 aromatic carbocycles. The Morgan fingerprint density at radius 3 is 2.56 bits per heavy atom. The van der Waals surface area contributed by atoms with E-state index in [0.29, 0.717) is 12.2 Å². The van der Waals surface area contributed by atoms with E-state index < -0.39 is 6.10 Å². The summed E-state index contributed by atoms with van der Waals surface area (Å²) in [5.74, 6) is 0.180. The smallest absolute Gasteiger partial charge is 0.115 e. The number of anilines is 1. The molecule has 2 rings (SSSR count). The number of aliphatic hydroxyl groups excluding tert-OH is 1. The van der Waals surface area contributed by atoms with Gasteiger partial charge in [0.15, 0.2) is 0 Å². The molecular weight excluding hydrogens is 206 g/mol. The van der Waals surface area contributed by atoms with E-state index >= 15 is 0 Å². The maximum Gasteiger partial charge on any atom is 0.115 e. The molecule has 16 heavy (non-hydrogen) atoms. The molecule has 0 fully saturated rings. The molecule has 0 amide bonds. The van der Waals surface area contributed by atoms with Gasteiger partial charge >= 0.3 is 0 Å². The first kappa shape index (κ1) is 10.5. The van der Waals surface area contributed by atoms with Gasteiger partial charge in [0, 0.05) is 6.20 Å². The van der Waals surface area contributed by atoms with Gasteiger partial charge < -0.3 is 15.9 Å². The normalized spacial score (nSPS) is 12.6. The molecule has 2 aromatic rings.